The Bertz CT molecular complexity index is 924. The number of halogens is 3. The van der Waals surface area contributed by atoms with Gasteiger partial charge >= 0.3 is 0 Å². The standard InChI is InChI=1S/C16H13Br3N2O3S/c17-10-6-12(18)16(13(19)7-10)25(23,24)21-14-4-2-1-3-11(14)9-5-15(22)20-8-9/h1-4,6-7,9,21H,5,8H2,(H,20,22). The number of rotatable bonds is 4. The molecule has 0 aromatic heterocycles. The molecule has 132 valence electrons. The van der Waals surface area contributed by atoms with Crippen LogP contribution < -0.4 is 10.0 Å². The summed E-state index contributed by atoms with van der Waals surface area (Å²) in [5.41, 5.74) is 1.28. The van der Waals surface area contributed by atoms with Gasteiger partial charge in [-0.3, -0.25) is 9.52 Å². The molecule has 1 saturated heterocycles. The van der Waals surface area contributed by atoms with Gasteiger partial charge in [0.1, 0.15) is 4.90 Å². The average Bonchev–Trinajstić information content (AvgIpc) is 2.92. The summed E-state index contributed by atoms with van der Waals surface area (Å²) < 4.78 is 30.1. The van der Waals surface area contributed by atoms with E-state index in [4.69, 9.17) is 0 Å². The fraction of sp³-hybridized carbons (Fsp3) is 0.188. The maximum absolute atomic E-state index is 12.9. The minimum Gasteiger partial charge on any atom is -0.355 e. The van der Waals surface area contributed by atoms with Gasteiger partial charge in [0.2, 0.25) is 5.91 Å². The second-order valence-corrected chi connectivity index (χ2v) is 9.84. The highest BCUT2D eigenvalue weighted by Gasteiger charge is 2.28. The SMILES string of the molecule is O=C1CC(c2ccccc2NS(=O)(=O)c2c(Br)cc(Br)cc2Br)CN1. The number of para-hydroxylation sites is 1. The smallest absolute Gasteiger partial charge is 0.264 e. The number of hydrogen-bond donors (Lipinski definition) is 2. The van der Waals surface area contributed by atoms with Crippen molar-refractivity contribution in [3.63, 3.8) is 0 Å². The van der Waals surface area contributed by atoms with Crippen molar-refractivity contribution in [1.82, 2.24) is 5.32 Å². The van der Waals surface area contributed by atoms with E-state index in [1.54, 1.807) is 24.3 Å². The second-order valence-electron chi connectivity index (χ2n) is 5.60. The van der Waals surface area contributed by atoms with Crippen molar-refractivity contribution in [1.29, 1.82) is 0 Å². The molecule has 0 spiro atoms. The minimum absolute atomic E-state index is 0.0268. The zero-order chi connectivity index (χ0) is 18.2. The van der Waals surface area contributed by atoms with Crippen molar-refractivity contribution in [3.8, 4) is 0 Å². The molecule has 2 aromatic carbocycles. The zero-order valence-electron chi connectivity index (χ0n) is 12.7. The molecule has 2 aromatic rings. The number of sulfonamides is 1. The summed E-state index contributed by atoms with van der Waals surface area (Å²) in [6.45, 7) is 0.503. The molecule has 2 N–H and O–H groups in total. The quantitative estimate of drug-likeness (QED) is 0.591. The van der Waals surface area contributed by atoms with E-state index in [-0.39, 0.29) is 16.7 Å². The van der Waals surface area contributed by atoms with Crippen molar-refractivity contribution < 1.29 is 13.2 Å². The highest BCUT2D eigenvalue weighted by Crippen LogP contribution is 2.36. The van der Waals surface area contributed by atoms with Crippen molar-refractivity contribution >= 4 is 69.4 Å². The van der Waals surface area contributed by atoms with E-state index in [2.05, 4.69) is 57.8 Å². The fourth-order valence-electron chi connectivity index (χ4n) is 2.75. The first-order valence-electron chi connectivity index (χ1n) is 7.31. The molecule has 1 aliphatic heterocycles. The number of carbonyl (C=O) groups excluding carboxylic acids is 1. The Balaban J connectivity index is 1.99. The predicted octanol–water partition coefficient (Wildman–Crippen LogP) is 4.38. The molecule has 9 heteroatoms. The van der Waals surface area contributed by atoms with E-state index in [1.165, 1.54) is 0 Å². The van der Waals surface area contributed by atoms with Crippen LogP contribution in [0.2, 0.25) is 0 Å². The van der Waals surface area contributed by atoms with Gasteiger partial charge in [-0.1, -0.05) is 34.1 Å². The van der Waals surface area contributed by atoms with Gasteiger partial charge in [-0.05, 0) is 55.6 Å². The van der Waals surface area contributed by atoms with Crippen LogP contribution in [0.4, 0.5) is 5.69 Å². The van der Waals surface area contributed by atoms with E-state index < -0.39 is 10.0 Å². The predicted molar refractivity (Wildman–Crippen MR) is 107 cm³/mol. The molecule has 1 atom stereocenters. The number of hydrogen-bond acceptors (Lipinski definition) is 3. The highest BCUT2D eigenvalue weighted by molar-refractivity contribution is 9.11. The lowest BCUT2D eigenvalue weighted by atomic mass is 9.97. The van der Waals surface area contributed by atoms with Gasteiger partial charge in [0.05, 0.1) is 5.69 Å². The molecular weight excluding hydrogens is 540 g/mol. The van der Waals surface area contributed by atoms with E-state index >= 15 is 0 Å². The Morgan fingerprint density at radius 2 is 1.72 bits per heavy atom. The first kappa shape index (κ1) is 18.9. The van der Waals surface area contributed by atoms with Gasteiger partial charge in [-0.2, -0.15) is 0 Å². The topological polar surface area (TPSA) is 75.3 Å². The molecule has 3 rings (SSSR count). The van der Waals surface area contributed by atoms with Crippen molar-refractivity contribution in [2.24, 2.45) is 0 Å². The number of amides is 1. The Morgan fingerprint density at radius 3 is 2.32 bits per heavy atom. The van der Waals surface area contributed by atoms with E-state index in [9.17, 15) is 13.2 Å². The molecule has 0 saturated carbocycles. The van der Waals surface area contributed by atoms with Gasteiger partial charge in [-0.25, -0.2) is 8.42 Å². The van der Waals surface area contributed by atoms with Crippen LogP contribution in [-0.4, -0.2) is 20.9 Å². The van der Waals surface area contributed by atoms with Gasteiger partial charge in [0.15, 0.2) is 0 Å². The van der Waals surface area contributed by atoms with Crippen LogP contribution in [0.25, 0.3) is 0 Å². The molecule has 1 fully saturated rings. The van der Waals surface area contributed by atoms with E-state index in [1.807, 2.05) is 12.1 Å². The summed E-state index contributed by atoms with van der Waals surface area (Å²) in [7, 11) is -3.83. The Hall–Kier alpha value is -0.900. The largest absolute Gasteiger partial charge is 0.355 e. The summed E-state index contributed by atoms with van der Waals surface area (Å²) in [4.78, 5) is 11.6. The molecule has 0 radical (unpaired) electrons. The molecule has 1 unspecified atom stereocenters. The number of anilines is 1. The van der Waals surface area contributed by atoms with Crippen LogP contribution in [0.15, 0.2) is 54.7 Å². The Morgan fingerprint density at radius 1 is 1.08 bits per heavy atom. The van der Waals surface area contributed by atoms with Crippen LogP contribution in [-0.2, 0) is 14.8 Å². The lowest BCUT2D eigenvalue weighted by Crippen LogP contribution is -2.17. The number of carbonyl (C=O) groups is 1. The van der Waals surface area contributed by atoms with Crippen molar-refractivity contribution in [2.75, 3.05) is 11.3 Å². The fourth-order valence-corrected chi connectivity index (χ4v) is 7.50. The monoisotopic (exact) mass is 550 g/mol. The summed E-state index contributed by atoms with van der Waals surface area (Å²) in [5, 5.41) is 2.78. The molecule has 1 heterocycles. The first-order chi connectivity index (χ1) is 11.8. The Kier molecular flexibility index (Phi) is 5.57. The molecular formula is C16H13Br3N2O3S. The summed E-state index contributed by atoms with van der Waals surface area (Å²) in [6.07, 6.45) is 0.352. The number of nitrogens with one attached hydrogen (secondary N) is 2. The summed E-state index contributed by atoms with van der Waals surface area (Å²) >= 11 is 9.94. The van der Waals surface area contributed by atoms with Crippen LogP contribution in [0, 0.1) is 0 Å². The molecule has 25 heavy (non-hydrogen) atoms. The van der Waals surface area contributed by atoms with Crippen molar-refractivity contribution in [2.45, 2.75) is 17.2 Å². The molecule has 5 nitrogen and oxygen atoms in total. The van der Waals surface area contributed by atoms with Gasteiger partial charge in [0.25, 0.3) is 10.0 Å². The Labute approximate surface area is 171 Å². The summed E-state index contributed by atoms with van der Waals surface area (Å²) in [5.74, 6) is -0.0794. The van der Waals surface area contributed by atoms with Crippen LogP contribution in [0.3, 0.4) is 0 Å². The van der Waals surface area contributed by atoms with Gasteiger partial charge in [-0.15, -0.1) is 0 Å². The van der Waals surface area contributed by atoms with E-state index in [0.29, 0.717) is 27.6 Å². The van der Waals surface area contributed by atoms with Gasteiger partial charge < -0.3 is 5.32 Å². The van der Waals surface area contributed by atoms with Crippen LogP contribution in [0.1, 0.15) is 17.9 Å². The molecule has 1 amide bonds. The third kappa shape index (κ3) is 4.10. The van der Waals surface area contributed by atoms with Gasteiger partial charge in [0, 0.05) is 32.3 Å². The maximum Gasteiger partial charge on any atom is 0.264 e. The zero-order valence-corrected chi connectivity index (χ0v) is 18.3. The number of benzene rings is 2. The third-order valence-corrected chi connectivity index (χ3v) is 7.55. The molecule has 0 bridgehead atoms. The minimum atomic E-state index is -3.83. The highest BCUT2D eigenvalue weighted by atomic mass is 79.9. The molecule has 0 aliphatic carbocycles. The van der Waals surface area contributed by atoms with Crippen molar-refractivity contribution in [3.05, 3.63) is 55.4 Å². The average molecular weight is 553 g/mol. The maximum atomic E-state index is 12.9. The van der Waals surface area contributed by atoms with Crippen LogP contribution >= 0.6 is 47.8 Å². The third-order valence-electron chi connectivity index (χ3n) is 3.85. The van der Waals surface area contributed by atoms with Crippen LogP contribution in [0.5, 0.6) is 0 Å². The lowest BCUT2D eigenvalue weighted by Gasteiger charge is -2.17. The summed E-state index contributed by atoms with van der Waals surface area (Å²) in [6, 6.07) is 10.5. The van der Waals surface area contributed by atoms with E-state index in [0.717, 1.165) is 10.0 Å². The lowest BCUT2D eigenvalue weighted by molar-refractivity contribution is -0.119. The molecule has 1 aliphatic rings. The first-order valence-corrected chi connectivity index (χ1v) is 11.2. The second kappa shape index (κ2) is 7.38. The normalized spacial score (nSPS) is 17.4.